The standard InChI is InChI=1S/C39H42F2N4O5S.H2O/c1-3-45(34-12-8-5-9-13-34)51(50)35-24-32(21-14-27(35)2)43-38(49)44(33-22-19-30(20-23-33)29-10-6-4-7-11-29)25-28-15-17-31(18-16-28)36(46)42-26-39(40,41)37(47)48;/h5,8-9,12-24,29H,3-4,6-7,10-11,25-26H2,1-2H3,(H,42,46)(H,43,49)(H,47,48);1H2. The van der Waals surface area contributed by atoms with Gasteiger partial charge in [0.05, 0.1) is 18.0 Å². The second-order valence-electron chi connectivity index (χ2n) is 12.6. The van der Waals surface area contributed by atoms with E-state index in [1.165, 1.54) is 37.0 Å². The normalized spacial score (nSPS) is 13.7. The molecule has 1 atom stereocenters. The van der Waals surface area contributed by atoms with Crippen molar-refractivity contribution in [1.82, 2.24) is 5.32 Å². The number of aryl methyl sites for hydroxylation is 1. The van der Waals surface area contributed by atoms with E-state index in [0.717, 1.165) is 24.1 Å². The summed E-state index contributed by atoms with van der Waals surface area (Å²) in [5.74, 6) is -6.79. The van der Waals surface area contributed by atoms with Gasteiger partial charge in [-0.3, -0.25) is 14.0 Å². The maximum Gasteiger partial charge on any atom is 0.376 e. The van der Waals surface area contributed by atoms with Crippen LogP contribution in [0.4, 0.5) is 30.6 Å². The molecule has 5 rings (SSSR count). The van der Waals surface area contributed by atoms with Crippen LogP contribution in [0, 0.1) is 6.92 Å². The number of anilines is 3. The van der Waals surface area contributed by atoms with Gasteiger partial charge in [-0.1, -0.05) is 67.8 Å². The molecule has 0 aliphatic heterocycles. The smallest absolute Gasteiger partial charge is 0.376 e. The van der Waals surface area contributed by atoms with Crippen molar-refractivity contribution in [1.29, 1.82) is 0 Å². The van der Waals surface area contributed by atoms with Gasteiger partial charge in [0, 0.05) is 29.2 Å². The topological polar surface area (TPSA) is 151 Å². The number of hydrogen-bond donors (Lipinski definition) is 3. The number of para-hydroxylation sites is 1. The lowest BCUT2D eigenvalue weighted by molar-refractivity contribution is -0.163. The summed E-state index contributed by atoms with van der Waals surface area (Å²) >= 11 is 0. The Bertz CT molecular complexity index is 1850. The third-order valence-corrected chi connectivity index (χ3v) is 10.7. The van der Waals surface area contributed by atoms with Gasteiger partial charge in [-0.15, -0.1) is 0 Å². The van der Waals surface area contributed by atoms with Crippen LogP contribution in [0.25, 0.3) is 0 Å². The number of benzene rings is 4. The molecule has 3 amide bonds. The first-order valence-corrected chi connectivity index (χ1v) is 18.1. The van der Waals surface area contributed by atoms with E-state index >= 15 is 0 Å². The molecule has 5 N–H and O–H groups in total. The first-order chi connectivity index (χ1) is 24.5. The number of aliphatic carboxylic acids is 1. The Morgan fingerprint density at radius 3 is 2.15 bits per heavy atom. The number of halogens is 2. The highest BCUT2D eigenvalue weighted by molar-refractivity contribution is 7.86. The summed E-state index contributed by atoms with van der Waals surface area (Å²) in [5.41, 5.74) is 4.68. The van der Waals surface area contributed by atoms with Gasteiger partial charge in [0.25, 0.3) is 5.91 Å². The predicted molar refractivity (Wildman–Crippen MR) is 199 cm³/mol. The van der Waals surface area contributed by atoms with Crippen LogP contribution in [0.1, 0.15) is 72.0 Å². The Balaban J connectivity index is 0.00000605. The first-order valence-electron chi connectivity index (χ1n) is 17.0. The van der Waals surface area contributed by atoms with E-state index in [2.05, 4.69) is 17.4 Å². The van der Waals surface area contributed by atoms with Gasteiger partial charge in [-0.2, -0.15) is 8.78 Å². The number of carboxylic acids is 1. The summed E-state index contributed by atoms with van der Waals surface area (Å²) in [4.78, 5) is 39.3. The Kier molecular flexibility index (Phi) is 13.6. The van der Waals surface area contributed by atoms with Crippen molar-refractivity contribution in [2.24, 2.45) is 0 Å². The number of nitrogens with zero attached hydrogens (tertiary/aromatic N) is 2. The SMILES string of the molecule is CCN(c1ccccc1)S(=O)c1cc(NC(=O)N(Cc2ccc(C(=O)NCC(F)(F)C(=O)O)cc2)c2ccc(C3CCCCC3)cc2)ccc1C.O. The molecule has 276 valence electrons. The van der Waals surface area contributed by atoms with Crippen molar-refractivity contribution in [3.05, 3.63) is 119 Å². The number of carboxylic acid groups (broad SMARTS) is 1. The summed E-state index contributed by atoms with van der Waals surface area (Å²) in [7, 11) is -1.54. The minimum atomic E-state index is -4.10. The Hall–Kier alpha value is -5.14. The van der Waals surface area contributed by atoms with Crippen LogP contribution in [0.2, 0.25) is 0 Å². The Labute approximate surface area is 304 Å². The lowest BCUT2D eigenvalue weighted by Crippen LogP contribution is -2.42. The number of carbonyl (C=O) groups excluding carboxylic acids is 2. The van der Waals surface area contributed by atoms with E-state index in [1.807, 2.05) is 67.7 Å². The van der Waals surface area contributed by atoms with E-state index in [1.54, 1.807) is 33.5 Å². The van der Waals surface area contributed by atoms with Crippen LogP contribution >= 0.6 is 0 Å². The van der Waals surface area contributed by atoms with Gasteiger partial charge in [0.1, 0.15) is 0 Å². The lowest BCUT2D eigenvalue weighted by Gasteiger charge is -2.26. The molecule has 1 saturated carbocycles. The minimum Gasteiger partial charge on any atom is -0.477 e. The molecule has 0 radical (unpaired) electrons. The summed E-state index contributed by atoms with van der Waals surface area (Å²) in [5, 5.41) is 13.6. The molecule has 52 heavy (non-hydrogen) atoms. The zero-order valence-corrected chi connectivity index (χ0v) is 29.9. The molecule has 13 heteroatoms. The van der Waals surface area contributed by atoms with E-state index in [-0.39, 0.29) is 17.6 Å². The van der Waals surface area contributed by atoms with Crippen molar-refractivity contribution >= 4 is 46.0 Å². The van der Waals surface area contributed by atoms with Crippen LogP contribution in [0.3, 0.4) is 0 Å². The van der Waals surface area contributed by atoms with Crippen LogP contribution in [-0.2, 0) is 22.3 Å². The number of nitrogens with one attached hydrogen (secondary N) is 2. The highest BCUT2D eigenvalue weighted by atomic mass is 32.2. The molecule has 0 heterocycles. The molecule has 0 aromatic heterocycles. The molecule has 4 aromatic rings. The highest BCUT2D eigenvalue weighted by Gasteiger charge is 2.39. The van der Waals surface area contributed by atoms with Crippen molar-refractivity contribution in [3.8, 4) is 0 Å². The van der Waals surface area contributed by atoms with Gasteiger partial charge in [-0.05, 0) is 97.8 Å². The van der Waals surface area contributed by atoms with Gasteiger partial charge in [0.2, 0.25) is 0 Å². The largest absolute Gasteiger partial charge is 0.477 e. The zero-order chi connectivity index (χ0) is 36.5. The third kappa shape index (κ3) is 9.80. The number of carbonyl (C=O) groups is 3. The number of rotatable bonds is 13. The molecule has 1 aliphatic rings. The van der Waals surface area contributed by atoms with Gasteiger partial charge < -0.3 is 21.2 Å². The second-order valence-corrected chi connectivity index (χ2v) is 14.0. The number of amides is 3. The summed E-state index contributed by atoms with van der Waals surface area (Å²) < 4.78 is 42.6. The van der Waals surface area contributed by atoms with Crippen molar-refractivity contribution in [2.75, 3.05) is 27.6 Å². The molecule has 1 unspecified atom stereocenters. The average Bonchev–Trinajstić information content (AvgIpc) is 3.15. The number of hydrogen-bond acceptors (Lipinski definition) is 4. The number of urea groups is 1. The second kappa shape index (κ2) is 17.9. The predicted octanol–water partition coefficient (Wildman–Crippen LogP) is 7.46. The summed E-state index contributed by atoms with van der Waals surface area (Å²) in [6.07, 6.45) is 5.90. The van der Waals surface area contributed by atoms with Crippen LogP contribution in [0.15, 0.2) is 102 Å². The van der Waals surface area contributed by atoms with E-state index in [0.29, 0.717) is 34.3 Å². The molecule has 0 saturated heterocycles. The molecular formula is C39H44F2N4O6S. The van der Waals surface area contributed by atoms with Gasteiger partial charge in [-0.25, -0.2) is 13.8 Å². The maximum atomic E-state index is 14.0. The molecule has 0 spiro atoms. The monoisotopic (exact) mass is 734 g/mol. The van der Waals surface area contributed by atoms with Gasteiger partial charge >= 0.3 is 17.9 Å². The molecule has 1 aliphatic carbocycles. The zero-order valence-electron chi connectivity index (χ0n) is 29.1. The van der Waals surface area contributed by atoms with Gasteiger partial charge in [0.15, 0.2) is 11.0 Å². The van der Waals surface area contributed by atoms with Crippen LogP contribution in [0.5, 0.6) is 0 Å². The molecule has 10 nitrogen and oxygen atoms in total. The minimum absolute atomic E-state index is 0. The van der Waals surface area contributed by atoms with Crippen molar-refractivity contribution in [3.63, 3.8) is 0 Å². The van der Waals surface area contributed by atoms with E-state index in [9.17, 15) is 27.4 Å². The summed E-state index contributed by atoms with van der Waals surface area (Å²) in [6, 6.07) is 28.4. The fraction of sp³-hybridized carbons (Fsp3) is 0.308. The van der Waals surface area contributed by atoms with Crippen molar-refractivity contribution in [2.45, 2.75) is 69.2 Å². The third-order valence-electron chi connectivity index (χ3n) is 9.03. The Morgan fingerprint density at radius 1 is 0.885 bits per heavy atom. The van der Waals surface area contributed by atoms with E-state index in [4.69, 9.17) is 5.11 Å². The number of alkyl halides is 2. The fourth-order valence-electron chi connectivity index (χ4n) is 6.12. The molecule has 4 aromatic carbocycles. The maximum absolute atomic E-state index is 14.0. The fourth-order valence-corrected chi connectivity index (χ4v) is 7.48. The van der Waals surface area contributed by atoms with Crippen LogP contribution in [-0.4, -0.2) is 51.7 Å². The molecular weight excluding hydrogens is 691 g/mol. The van der Waals surface area contributed by atoms with Crippen molar-refractivity contribution < 1.29 is 38.0 Å². The quantitative estimate of drug-likeness (QED) is 0.130. The summed E-state index contributed by atoms with van der Waals surface area (Å²) in [6.45, 7) is 3.08. The lowest BCUT2D eigenvalue weighted by atomic mass is 9.84. The van der Waals surface area contributed by atoms with E-state index < -0.39 is 41.4 Å². The first kappa shape index (κ1) is 39.6. The highest BCUT2D eigenvalue weighted by Crippen LogP contribution is 2.34. The molecule has 1 fully saturated rings. The van der Waals surface area contributed by atoms with Crippen LogP contribution < -0.4 is 19.8 Å². The molecule has 0 bridgehead atoms. The average molecular weight is 735 g/mol. The Morgan fingerprint density at radius 2 is 1.54 bits per heavy atom.